The molecule has 3 heteroatoms. The van der Waals surface area contributed by atoms with Gasteiger partial charge in [-0.1, -0.05) is 34.1 Å². The van der Waals surface area contributed by atoms with E-state index < -0.39 is 0 Å². The van der Waals surface area contributed by atoms with Gasteiger partial charge in [-0.05, 0) is 24.5 Å². The van der Waals surface area contributed by atoms with Gasteiger partial charge in [-0.3, -0.25) is 5.32 Å². The first-order valence-corrected chi connectivity index (χ1v) is 5.50. The maximum absolute atomic E-state index is 9.05. The van der Waals surface area contributed by atoms with Gasteiger partial charge in [0, 0.05) is 10.5 Å². The van der Waals surface area contributed by atoms with Crippen molar-refractivity contribution in [2.75, 3.05) is 0 Å². The van der Waals surface area contributed by atoms with Crippen LogP contribution in [0.1, 0.15) is 24.4 Å². The zero-order chi connectivity index (χ0) is 9.97. The van der Waals surface area contributed by atoms with Crippen LogP contribution < -0.4 is 5.32 Å². The summed E-state index contributed by atoms with van der Waals surface area (Å²) in [6.45, 7) is 0. The van der Waals surface area contributed by atoms with E-state index in [0.717, 1.165) is 10.0 Å². The van der Waals surface area contributed by atoms with E-state index in [1.54, 1.807) is 0 Å². The van der Waals surface area contributed by atoms with E-state index in [0.29, 0.717) is 6.04 Å². The van der Waals surface area contributed by atoms with Crippen molar-refractivity contribution in [3.05, 3.63) is 34.3 Å². The molecule has 1 aliphatic rings. The number of benzene rings is 1. The minimum absolute atomic E-state index is 0.182. The van der Waals surface area contributed by atoms with Crippen LogP contribution in [0, 0.1) is 11.3 Å². The van der Waals surface area contributed by atoms with Crippen molar-refractivity contribution in [1.82, 2.24) is 5.32 Å². The summed E-state index contributed by atoms with van der Waals surface area (Å²) in [5.41, 5.74) is 1.03. The lowest BCUT2D eigenvalue weighted by molar-refractivity contribution is 0.624. The number of rotatable bonds is 3. The maximum atomic E-state index is 9.05. The molecule has 2 nitrogen and oxygen atoms in total. The lowest BCUT2D eigenvalue weighted by Gasteiger charge is -2.12. The van der Waals surface area contributed by atoms with Gasteiger partial charge in [0.25, 0.3) is 0 Å². The summed E-state index contributed by atoms with van der Waals surface area (Å²) in [5.74, 6) is 0. The van der Waals surface area contributed by atoms with Gasteiger partial charge in [-0.2, -0.15) is 5.26 Å². The molecule has 0 bridgehead atoms. The molecular formula is C11H11BrN2. The fraction of sp³-hybridized carbons (Fsp3) is 0.364. The highest BCUT2D eigenvalue weighted by Gasteiger charge is 2.25. The molecule has 1 fully saturated rings. The third-order valence-corrected chi connectivity index (χ3v) is 3.05. The first-order valence-electron chi connectivity index (χ1n) is 4.71. The third kappa shape index (κ3) is 2.14. The highest BCUT2D eigenvalue weighted by Crippen LogP contribution is 2.27. The second kappa shape index (κ2) is 4.12. The van der Waals surface area contributed by atoms with Crippen LogP contribution in [0.4, 0.5) is 0 Å². The molecule has 1 saturated carbocycles. The normalized spacial score (nSPS) is 17.4. The van der Waals surface area contributed by atoms with E-state index in [9.17, 15) is 0 Å². The lowest BCUT2D eigenvalue weighted by atomic mass is 10.1. The molecule has 0 saturated heterocycles. The Bertz CT molecular complexity index is 366. The summed E-state index contributed by atoms with van der Waals surface area (Å²) in [5, 5.41) is 12.4. The predicted octanol–water partition coefficient (Wildman–Crippen LogP) is 2.77. The van der Waals surface area contributed by atoms with Crippen LogP contribution in [0.5, 0.6) is 0 Å². The average Bonchev–Trinajstić information content (AvgIpc) is 2.99. The van der Waals surface area contributed by atoms with E-state index in [-0.39, 0.29) is 6.04 Å². The van der Waals surface area contributed by atoms with Gasteiger partial charge in [0.05, 0.1) is 6.07 Å². The van der Waals surface area contributed by atoms with Crippen molar-refractivity contribution >= 4 is 15.9 Å². The molecule has 72 valence electrons. The Morgan fingerprint density at radius 2 is 2.14 bits per heavy atom. The number of nitriles is 1. The molecule has 0 aromatic heterocycles. The molecule has 2 rings (SSSR count). The largest absolute Gasteiger partial charge is 0.295 e. The van der Waals surface area contributed by atoms with Crippen molar-refractivity contribution in [3.63, 3.8) is 0 Å². The molecule has 0 spiro atoms. The molecule has 14 heavy (non-hydrogen) atoms. The van der Waals surface area contributed by atoms with Crippen LogP contribution in [-0.4, -0.2) is 6.04 Å². The second-order valence-corrected chi connectivity index (χ2v) is 4.38. The van der Waals surface area contributed by atoms with Crippen molar-refractivity contribution < 1.29 is 0 Å². The smallest absolute Gasteiger partial charge is 0.122 e. The van der Waals surface area contributed by atoms with Crippen LogP contribution in [0.2, 0.25) is 0 Å². The second-order valence-electron chi connectivity index (χ2n) is 3.52. The zero-order valence-corrected chi connectivity index (χ0v) is 9.29. The molecule has 1 unspecified atom stereocenters. The molecular weight excluding hydrogens is 240 g/mol. The summed E-state index contributed by atoms with van der Waals surface area (Å²) in [6.07, 6.45) is 2.39. The van der Waals surface area contributed by atoms with Gasteiger partial charge < -0.3 is 0 Å². The standard InChI is InChI=1S/C11H11BrN2/c12-10-4-2-1-3-9(10)11(7-13)14-8-5-6-8/h1-4,8,11,14H,5-6H2. The van der Waals surface area contributed by atoms with E-state index >= 15 is 0 Å². The molecule has 0 aliphatic heterocycles. The number of nitrogens with zero attached hydrogens (tertiary/aromatic N) is 1. The number of hydrogen-bond acceptors (Lipinski definition) is 2. The molecule has 1 aromatic carbocycles. The minimum atomic E-state index is -0.182. The first kappa shape index (κ1) is 9.70. The molecule has 0 radical (unpaired) electrons. The number of hydrogen-bond donors (Lipinski definition) is 1. The third-order valence-electron chi connectivity index (χ3n) is 2.33. The van der Waals surface area contributed by atoms with Crippen molar-refractivity contribution in [3.8, 4) is 6.07 Å². The molecule has 1 N–H and O–H groups in total. The fourth-order valence-corrected chi connectivity index (χ4v) is 1.91. The van der Waals surface area contributed by atoms with Gasteiger partial charge in [0.2, 0.25) is 0 Å². The van der Waals surface area contributed by atoms with Crippen LogP contribution >= 0.6 is 15.9 Å². The Labute approximate surface area is 92.1 Å². The van der Waals surface area contributed by atoms with Crippen molar-refractivity contribution in [2.24, 2.45) is 0 Å². The zero-order valence-electron chi connectivity index (χ0n) is 7.70. The Morgan fingerprint density at radius 3 is 2.71 bits per heavy atom. The van der Waals surface area contributed by atoms with E-state index in [1.807, 2.05) is 24.3 Å². The summed E-state index contributed by atoms with van der Waals surface area (Å²) in [7, 11) is 0. The number of halogens is 1. The van der Waals surface area contributed by atoms with E-state index in [1.165, 1.54) is 12.8 Å². The Hall–Kier alpha value is -0.850. The summed E-state index contributed by atoms with van der Waals surface area (Å²) < 4.78 is 1.000. The molecule has 1 atom stereocenters. The van der Waals surface area contributed by atoms with Gasteiger partial charge in [-0.15, -0.1) is 0 Å². The van der Waals surface area contributed by atoms with Crippen LogP contribution in [0.15, 0.2) is 28.7 Å². The maximum Gasteiger partial charge on any atom is 0.122 e. The molecule has 0 heterocycles. The topological polar surface area (TPSA) is 35.8 Å². The average molecular weight is 251 g/mol. The first-order chi connectivity index (χ1) is 6.81. The van der Waals surface area contributed by atoms with Crippen LogP contribution in [0.3, 0.4) is 0 Å². The monoisotopic (exact) mass is 250 g/mol. The van der Waals surface area contributed by atoms with Gasteiger partial charge >= 0.3 is 0 Å². The van der Waals surface area contributed by atoms with E-state index in [2.05, 4.69) is 27.3 Å². The molecule has 1 aromatic rings. The highest BCUT2D eigenvalue weighted by molar-refractivity contribution is 9.10. The summed E-state index contributed by atoms with van der Waals surface area (Å²) in [4.78, 5) is 0. The Kier molecular flexibility index (Phi) is 2.85. The summed E-state index contributed by atoms with van der Waals surface area (Å²) in [6, 6.07) is 10.5. The Morgan fingerprint density at radius 1 is 1.43 bits per heavy atom. The highest BCUT2D eigenvalue weighted by atomic mass is 79.9. The molecule has 1 aliphatic carbocycles. The van der Waals surface area contributed by atoms with Crippen molar-refractivity contribution in [1.29, 1.82) is 5.26 Å². The number of nitrogens with one attached hydrogen (secondary N) is 1. The van der Waals surface area contributed by atoms with Gasteiger partial charge in [0.15, 0.2) is 0 Å². The SMILES string of the molecule is N#CC(NC1CC1)c1ccccc1Br. The van der Waals surface area contributed by atoms with Gasteiger partial charge in [0.1, 0.15) is 6.04 Å². The minimum Gasteiger partial charge on any atom is -0.295 e. The predicted molar refractivity (Wildman–Crippen MR) is 58.7 cm³/mol. The Balaban J connectivity index is 2.18. The molecule has 0 amide bonds. The fourth-order valence-electron chi connectivity index (χ4n) is 1.39. The van der Waals surface area contributed by atoms with E-state index in [4.69, 9.17) is 5.26 Å². The van der Waals surface area contributed by atoms with Crippen molar-refractivity contribution in [2.45, 2.75) is 24.9 Å². The van der Waals surface area contributed by atoms with Gasteiger partial charge in [-0.25, -0.2) is 0 Å². The summed E-state index contributed by atoms with van der Waals surface area (Å²) >= 11 is 3.46. The quantitative estimate of drug-likeness (QED) is 0.896. The van der Waals surface area contributed by atoms with Crippen LogP contribution in [0.25, 0.3) is 0 Å². The van der Waals surface area contributed by atoms with Crippen LogP contribution in [-0.2, 0) is 0 Å². The lowest BCUT2D eigenvalue weighted by Crippen LogP contribution is -2.22.